The van der Waals surface area contributed by atoms with Crippen LogP contribution in [-0.4, -0.2) is 0 Å². The topological polar surface area (TPSA) is 64.1 Å². The molecule has 3 nitrogen and oxygen atoms in total. The van der Waals surface area contributed by atoms with Gasteiger partial charge in [0.25, 0.3) is 0 Å². The third-order valence-electron chi connectivity index (χ3n) is 2.70. The third-order valence-corrected chi connectivity index (χ3v) is 2.70. The van der Waals surface area contributed by atoms with Gasteiger partial charge in [0.1, 0.15) is 0 Å². The molecule has 0 fully saturated rings. The average molecular weight is 227 g/mol. The Hall–Kier alpha value is -2.16. The average Bonchev–Trinajstić information content (AvgIpc) is 2.30. The van der Waals surface area contributed by atoms with Gasteiger partial charge in [0.2, 0.25) is 0 Å². The van der Waals surface area contributed by atoms with Gasteiger partial charge >= 0.3 is 0 Å². The van der Waals surface area contributed by atoms with Crippen molar-refractivity contribution in [1.82, 2.24) is 0 Å². The normalized spacial score (nSPS) is 10.2. The fourth-order valence-electron chi connectivity index (χ4n) is 1.64. The Morgan fingerprint density at radius 3 is 2.35 bits per heavy atom. The largest absolute Gasteiger partial charge is 0.399 e. The quantitative estimate of drug-likeness (QED) is 0.706. The molecule has 0 amide bonds. The number of nitrogen functional groups attached to an aromatic ring is 2. The first-order chi connectivity index (χ1) is 8.15. The Morgan fingerprint density at radius 2 is 1.71 bits per heavy atom. The molecule has 2 aromatic rings. The Morgan fingerprint density at radius 1 is 1.00 bits per heavy atom. The van der Waals surface area contributed by atoms with Crippen molar-refractivity contribution >= 4 is 17.1 Å². The second-order valence-electron chi connectivity index (χ2n) is 4.18. The molecule has 0 aliphatic heterocycles. The molecule has 3 heteroatoms. The van der Waals surface area contributed by atoms with E-state index in [1.165, 1.54) is 5.56 Å². The highest BCUT2D eigenvalue weighted by molar-refractivity contribution is 5.58. The Kier molecular flexibility index (Phi) is 3.19. The van der Waals surface area contributed by atoms with Gasteiger partial charge in [-0.2, -0.15) is 0 Å². The molecule has 2 rings (SSSR count). The zero-order valence-corrected chi connectivity index (χ0v) is 9.90. The summed E-state index contributed by atoms with van der Waals surface area (Å²) in [6, 6.07) is 13.9. The van der Waals surface area contributed by atoms with Crippen LogP contribution in [0.4, 0.5) is 17.1 Å². The predicted octanol–water partition coefficient (Wildman–Crippen LogP) is 2.77. The first kappa shape index (κ1) is 11.3. The molecule has 0 aliphatic rings. The molecule has 0 aromatic heterocycles. The van der Waals surface area contributed by atoms with Crippen LogP contribution in [0.5, 0.6) is 0 Å². The minimum atomic E-state index is 0.696. The van der Waals surface area contributed by atoms with Crippen LogP contribution in [0, 0.1) is 6.92 Å². The lowest BCUT2D eigenvalue weighted by atomic mass is 10.1. The van der Waals surface area contributed by atoms with Crippen molar-refractivity contribution in [2.24, 2.45) is 0 Å². The standard InChI is InChI=1S/C14H17N3/c1-10-2-6-13(7-3-10)17-9-11-4-5-12(15)8-14(11)16/h2-8,17H,9,15-16H2,1H3. The summed E-state index contributed by atoms with van der Waals surface area (Å²) >= 11 is 0. The van der Waals surface area contributed by atoms with Gasteiger partial charge < -0.3 is 16.8 Å². The van der Waals surface area contributed by atoms with Crippen molar-refractivity contribution in [3.8, 4) is 0 Å². The van der Waals surface area contributed by atoms with Gasteiger partial charge in [-0.1, -0.05) is 23.8 Å². The van der Waals surface area contributed by atoms with Gasteiger partial charge in [-0.15, -0.1) is 0 Å². The van der Waals surface area contributed by atoms with E-state index in [-0.39, 0.29) is 0 Å². The van der Waals surface area contributed by atoms with Crippen molar-refractivity contribution < 1.29 is 0 Å². The highest BCUT2D eigenvalue weighted by Gasteiger charge is 1.99. The molecule has 2 aromatic carbocycles. The van der Waals surface area contributed by atoms with Crippen molar-refractivity contribution in [1.29, 1.82) is 0 Å². The first-order valence-electron chi connectivity index (χ1n) is 5.59. The first-order valence-corrected chi connectivity index (χ1v) is 5.59. The van der Waals surface area contributed by atoms with E-state index in [1.807, 2.05) is 12.1 Å². The van der Waals surface area contributed by atoms with Crippen molar-refractivity contribution in [3.05, 3.63) is 53.6 Å². The van der Waals surface area contributed by atoms with Gasteiger partial charge in [0.15, 0.2) is 0 Å². The summed E-state index contributed by atoms with van der Waals surface area (Å²) in [5, 5.41) is 3.33. The zero-order valence-electron chi connectivity index (χ0n) is 9.90. The molecule has 17 heavy (non-hydrogen) atoms. The summed E-state index contributed by atoms with van der Waals surface area (Å²) in [6.07, 6.45) is 0. The maximum absolute atomic E-state index is 5.89. The number of hydrogen-bond acceptors (Lipinski definition) is 3. The highest BCUT2D eigenvalue weighted by Crippen LogP contribution is 2.17. The molecular formula is C14H17N3. The summed E-state index contributed by atoms with van der Waals surface area (Å²) in [6.45, 7) is 2.77. The summed E-state index contributed by atoms with van der Waals surface area (Å²) < 4.78 is 0. The van der Waals surface area contributed by atoms with Crippen LogP contribution < -0.4 is 16.8 Å². The smallest absolute Gasteiger partial charge is 0.0421 e. The number of nitrogens with one attached hydrogen (secondary N) is 1. The maximum Gasteiger partial charge on any atom is 0.0421 e. The number of rotatable bonds is 3. The third kappa shape index (κ3) is 2.91. The zero-order chi connectivity index (χ0) is 12.3. The molecule has 0 heterocycles. The summed E-state index contributed by atoms with van der Waals surface area (Å²) in [5.74, 6) is 0. The monoisotopic (exact) mass is 227 g/mol. The SMILES string of the molecule is Cc1ccc(NCc2ccc(N)cc2N)cc1. The van der Waals surface area contributed by atoms with Gasteiger partial charge in [-0.25, -0.2) is 0 Å². The summed E-state index contributed by atoms with van der Waals surface area (Å²) in [5.41, 5.74) is 16.4. The van der Waals surface area contributed by atoms with Crippen LogP contribution in [0.2, 0.25) is 0 Å². The molecule has 0 saturated carbocycles. The fourth-order valence-corrected chi connectivity index (χ4v) is 1.64. The molecule has 0 saturated heterocycles. The van der Waals surface area contributed by atoms with Gasteiger partial charge in [0, 0.05) is 23.6 Å². The highest BCUT2D eigenvalue weighted by atomic mass is 14.9. The van der Waals surface area contributed by atoms with E-state index >= 15 is 0 Å². The number of hydrogen-bond donors (Lipinski definition) is 3. The van der Waals surface area contributed by atoms with Crippen LogP contribution in [-0.2, 0) is 6.54 Å². The molecular weight excluding hydrogens is 210 g/mol. The van der Waals surface area contributed by atoms with E-state index in [0.717, 1.165) is 16.9 Å². The molecule has 0 radical (unpaired) electrons. The second kappa shape index (κ2) is 4.78. The molecule has 0 atom stereocenters. The Bertz CT molecular complexity index is 503. The number of benzene rings is 2. The van der Waals surface area contributed by atoms with Crippen LogP contribution in [0.3, 0.4) is 0 Å². The van der Waals surface area contributed by atoms with E-state index < -0.39 is 0 Å². The van der Waals surface area contributed by atoms with Gasteiger partial charge in [0.05, 0.1) is 0 Å². The predicted molar refractivity (Wildman–Crippen MR) is 73.8 cm³/mol. The number of anilines is 3. The maximum atomic E-state index is 5.89. The van der Waals surface area contributed by atoms with Crippen molar-refractivity contribution in [2.45, 2.75) is 13.5 Å². The number of nitrogens with two attached hydrogens (primary N) is 2. The van der Waals surface area contributed by atoms with E-state index in [2.05, 4.69) is 36.5 Å². The second-order valence-corrected chi connectivity index (χ2v) is 4.18. The van der Waals surface area contributed by atoms with Crippen LogP contribution in [0.25, 0.3) is 0 Å². The van der Waals surface area contributed by atoms with Crippen molar-refractivity contribution in [3.63, 3.8) is 0 Å². The lowest BCUT2D eigenvalue weighted by Gasteiger charge is -2.09. The molecule has 88 valence electrons. The van der Waals surface area contributed by atoms with Gasteiger partial charge in [-0.05, 0) is 36.8 Å². The van der Waals surface area contributed by atoms with Crippen LogP contribution >= 0.6 is 0 Å². The van der Waals surface area contributed by atoms with E-state index in [9.17, 15) is 0 Å². The minimum absolute atomic E-state index is 0.696. The lowest BCUT2D eigenvalue weighted by Crippen LogP contribution is -2.03. The molecule has 5 N–H and O–H groups in total. The van der Waals surface area contributed by atoms with Gasteiger partial charge in [-0.3, -0.25) is 0 Å². The molecule has 0 spiro atoms. The number of aryl methyl sites for hydroxylation is 1. The molecule has 0 aliphatic carbocycles. The molecule has 0 bridgehead atoms. The van der Waals surface area contributed by atoms with E-state index in [1.54, 1.807) is 6.07 Å². The summed E-state index contributed by atoms with van der Waals surface area (Å²) in [7, 11) is 0. The van der Waals surface area contributed by atoms with E-state index in [4.69, 9.17) is 11.5 Å². The lowest BCUT2D eigenvalue weighted by molar-refractivity contribution is 1.15. The van der Waals surface area contributed by atoms with Crippen LogP contribution in [0.15, 0.2) is 42.5 Å². The minimum Gasteiger partial charge on any atom is -0.399 e. The Balaban J connectivity index is 2.04. The van der Waals surface area contributed by atoms with Crippen molar-refractivity contribution in [2.75, 3.05) is 16.8 Å². The van der Waals surface area contributed by atoms with Crippen LogP contribution in [0.1, 0.15) is 11.1 Å². The molecule has 0 unspecified atom stereocenters. The fraction of sp³-hybridized carbons (Fsp3) is 0.143. The summed E-state index contributed by atoms with van der Waals surface area (Å²) in [4.78, 5) is 0. The van der Waals surface area contributed by atoms with E-state index in [0.29, 0.717) is 12.2 Å². The Labute approximate surface area is 101 Å².